The molecule has 6 heteroatoms. The highest BCUT2D eigenvalue weighted by molar-refractivity contribution is 6.31. The molecular weight excluding hydrogens is 276 g/mol. The van der Waals surface area contributed by atoms with Crippen molar-refractivity contribution in [3.8, 4) is 0 Å². The van der Waals surface area contributed by atoms with Crippen LogP contribution in [0.4, 0.5) is 8.78 Å². The van der Waals surface area contributed by atoms with Crippen LogP contribution in [0.3, 0.4) is 0 Å². The molecule has 0 bridgehead atoms. The lowest BCUT2D eigenvalue weighted by Crippen LogP contribution is -2.30. The van der Waals surface area contributed by atoms with Crippen molar-refractivity contribution in [2.75, 3.05) is 6.61 Å². The number of esters is 1. The number of aromatic nitrogens is 1. The summed E-state index contributed by atoms with van der Waals surface area (Å²) >= 11 is 5.82. The summed E-state index contributed by atoms with van der Waals surface area (Å²) in [6.07, 6.45) is 0. The highest BCUT2D eigenvalue weighted by Gasteiger charge is 2.45. The third-order valence-corrected chi connectivity index (χ3v) is 3.09. The molecule has 0 unspecified atom stereocenters. The molecule has 1 aromatic heterocycles. The number of aryl methyl sites for hydroxylation is 1. The zero-order chi connectivity index (χ0) is 14.2. The Hall–Kier alpha value is -1.62. The molecule has 0 saturated heterocycles. The topological polar surface area (TPSA) is 31.2 Å². The first-order valence-electron chi connectivity index (χ1n) is 5.68. The molecule has 0 fully saturated rings. The van der Waals surface area contributed by atoms with Crippen LogP contribution in [0.1, 0.15) is 12.6 Å². The number of hydrogen-bond donors (Lipinski definition) is 0. The van der Waals surface area contributed by atoms with Gasteiger partial charge in [-0.05, 0) is 31.2 Å². The van der Waals surface area contributed by atoms with E-state index in [1.54, 1.807) is 18.2 Å². The molecule has 3 nitrogen and oxygen atoms in total. The van der Waals surface area contributed by atoms with Gasteiger partial charge < -0.3 is 9.30 Å². The number of rotatable bonds is 3. The van der Waals surface area contributed by atoms with Crippen molar-refractivity contribution in [1.82, 2.24) is 4.57 Å². The zero-order valence-corrected chi connectivity index (χ0v) is 11.2. The quantitative estimate of drug-likeness (QED) is 0.809. The second-order valence-electron chi connectivity index (χ2n) is 4.09. The van der Waals surface area contributed by atoms with Gasteiger partial charge in [-0.15, -0.1) is 0 Å². The normalized spacial score (nSPS) is 11.8. The van der Waals surface area contributed by atoms with Gasteiger partial charge in [0.15, 0.2) is 0 Å². The van der Waals surface area contributed by atoms with Gasteiger partial charge >= 0.3 is 11.9 Å². The van der Waals surface area contributed by atoms with Crippen LogP contribution in [-0.2, 0) is 22.5 Å². The predicted molar refractivity (Wildman–Crippen MR) is 68.5 cm³/mol. The average Bonchev–Trinajstić information content (AvgIpc) is 2.67. The maximum absolute atomic E-state index is 14.0. The summed E-state index contributed by atoms with van der Waals surface area (Å²) in [7, 11) is 1.47. The highest BCUT2D eigenvalue weighted by atomic mass is 35.5. The predicted octanol–water partition coefficient (Wildman–Crippen LogP) is 3.49. The van der Waals surface area contributed by atoms with Gasteiger partial charge in [-0.3, -0.25) is 0 Å². The van der Waals surface area contributed by atoms with Crippen molar-refractivity contribution in [2.24, 2.45) is 7.05 Å². The molecule has 0 radical (unpaired) electrons. The van der Waals surface area contributed by atoms with Gasteiger partial charge in [-0.1, -0.05) is 11.6 Å². The summed E-state index contributed by atoms with van der Waals surface area (Å²) in [6.45, 7) is 1.39. The van der Waals surface area contributed by atoms with Crippen molar-refractivity contribution in [3.63, 3.8) is 0 Å². The van der Waals surface area contributed by atoms with E-state index in [2.05, 4.69) is 4.74 Å². The first kappa shape index (κ1) is 13.8. The smallest absolute Gasteiger partial charge is 0.383 e. The summed E-state index contributed by atoms with van der Waals surface area (Å²) < 4.78 is 33.7. The average molecular weight is 288 g/mol. The third kappa shape index (κ3) is 2.30. The van der Waals surface area contributed by atoms with E-state index in [-0.39, 0.29) is 6.61 Å². The van der Waals surface area contributed by atoms with E-state index < -0.39 is 17.6 Å². The maximum Gasteiger partial charge on any atom is 0.383 e. The number of fused-ring (bicyclic) bond motifs is 1. The highest BCUT2D eigenvalue weighted by Crippen LogP contribution is 2.34. The Balaban J connectivity index is 2.56. The lowest BCUT2D eigenvalue weighted by Gasteiger charge is -2.15. The fraction of sp³-hybridized carbons (Fsp3) is 0.308. The molecule has 0 aliphatic carbocycles. The van der Waals surface area contributed by atoms with Crippen molar-refractivity contribution in [2.45, 2.75) is 12.8 Å². The lowest BCUT2D eigenvalue weighted by atomic mass is 10.2. The van der Waals surface area contributed by atoms with Gasteiger partial charge in [0.25, 0.3) is 0 Å². The number of hydrogen-bond acceptors (Lipinski definition) is 2. The number of halogens is 3. The molecule has 2 rings (SSSR count). The van der Waals surface area contributed by atoms with Crippen LogP contribution >= 0.6 is 11.6 Å². The first-order valence-corrected chi connectivity index (χ1v) is 6.06. The molecule has 19 heavy (non-hydrogen) atoms. The number of nitrogens with zero attached hydrogens (tertiary/aromatic N) is 1. The van der Waals surface area contributed by atoms with Gasteiger partial charge in [0.1, 0.15) is 5.69 Å². The van der Waals surface area contributed by atoms with Gasteiger partial charge in [0.2, 0.25) is 0 Å². The van der Waals surface area contributed by atoms with Gasteiger partial charge in [0.05, 0.1) is 6.61 Å². The van der Waals surface area contributed by atoms with E-state index in [4.69, 9.17) is 11.6 Å². The van der Waals surface area contributed by atoms with E-state index in [9.17, 15) is 13.6 Å². The van der Waals surface area contributed by atoms with E-state index in [0.29, 0.717) is 15.9 Å². The molecule has 0 aliphatic rings. The molecule has 102 valence electrons. The van der Waals surface area contributed by atoms with E-state index in [1.807, 2.05) is 0 Å². The Kier molecular flexibility index (Phi) is 3.49. The molecule has 0 aliphatic heterocycles. The molecule has 0 spiro atoms. The number of carbonyl (C=O) groups excluding carboxylic acids is 1. The minimum atomic E-state index is -3.68. The van der Waals surface area contributed by atoms with Crippen LogP contribution in [0.5, 0.6) is 0 Å². The van der Waals surface area contributed by atoms with Crippen LogP contribution in [-0.4, -0.2) is 17.1 Å². The minimum absolute atomic E-state index is 0.0931. The summed E-state index contributed by atoms with van der Waals surface area (Å²) in [4.78, 5) is 11.3. The van der Waals surface area contributed by atoms with Gasteiger partial charge in [-0.2, -0.15) is 8.78 Å². The Morgan fingerprint density at radius 1 is 1.42 bits per heavy atom. The largest absolute Gasteiger partial charge is 0.461 e. The zero-order valence-electron chi connectivity index (χ0n) is 10.4. The van der Waals surface area contributed by atoms with Crippen LogP contribution in [0, 0.1) is 0 Å². The minimum Gasteiger partial charge on any atom is -0.461 e. The summed E-state index contributed by atoms with van der Waals surface area (Å²) in [5, 5.41) is 0.998. The van der Waals surface area contributed by atoms with Crippen molar-refractivity contribution in [3.05, 3.63) is 35.0 Å². The van der Waals surface area contributed by atoms with Gasteiger partial charge in [0, 0.05) is 23.0 Å². The number of alkyl halides is 2. The Morgan fingerprint density at radius 2 is 2.11 bits per heavy atom. The second kappa shape index (κ2) is 4.81. The molecule has 2 aromatic rings. The third-order valence-electron chi connectivity index (χ3n) is 2.86. The molecular formula is C13H12ClF2NO2. The monoisotopic (exact) mass is 287 g/mol. The fourth-order valence-electron chi connectivity index (χ4n) is 1.95. The van der Waals surface area contributed by atoms with Crippen LogP contribution in [0.2, 0.25) is 5.02 Å². The molecule has 0 saturated carbocycles. The van der Waals surface area contributed by atoms with E-state index in [0.717, 1.165) is 0 Å². The van der Waals surface area contributed by atoms with Crippen molar-refractivity contribution in [1.29, 1.82) is 0 Å². The van der Waals surface area contributed by atoms with Crippen LogP contribution in [0.15, 0.2) is 24.3 Å². The van der Waals surface area contributed by atoms with Crippen LogP contribution in [0.25, 0.3) is 10.9 Å². The van der Waals surface area contributed by atoms with E-state index in [1.165, 1.54) is 24.6 Å². The second-order valence-corrected chi connectivity index (χ2v) is 4.52. The molecule has 0 amide bonds. The standard InChI is InChI=1S/C13H12ClF2NO2/c1-3-19-12(18)13(15,16)11-7-8-6-9(14)4-5-10(8)17(11)2/h4-7H,3H2,1-2H3. The summed E-state index contributed by atoms with van der Waals surface area (Å²) in [6, 6.07) is 6.05. The number of benzene rings is 1. The maximum atomic E-state index is 14.0. The Bertz CT molecular complexity index is 637. The Labute approximate surface area is 113 Å². The SMILES string of the molecule is CCOC(=O)C(F)(F)c1cc2cc(Cl)ccc2n1C. The number of ether oxygens (including phenoxy) is 1. The summed E-state index contributed by atoms with van der Waals surface area (Å²) in [5.41, 5.74) is 0.159. The first-order chi connectivity index (χ1) is 8.87. The lowest BCUT2D eigenvalue weighted by molar-refractivity contribution is -0.173. The van der Waals surface area contributed by atoms with Crippen molar-refractivity contribution >= 4 is 28.5 Å². The number of carbonyl (C=O) groups is 1. The van der Waals surface area contributed by atoms with E-state index >= 15 is 0 Å². The molecule has 1 aromatic carbocycles. The van der Waals surface area contributed by atoms with Crippen LogP contribution < -0.4 is 0 Å². The fourth-order valence-corrected chi connectivity index (χ4v) is 2.13. The molecule has 0 atom stereocenters. The Morgan fingerprint density at radius 3 is 2.74 bits per heavy atom. The van der Waals surface area contributed by atoms with Crippen molar-refractivity contribution < 1.29 is 18.3 Å². The van der Waals surface area contributed by atoms with Gasteiger partial charge in [-0.25, -0.2) is 4.79 Å². The molecule has 1 heterocycles. The summed E-state index contributed by atoms with van der Waals surface area (Å²) in [5.74, 6) is -5.23. The molecule has 0 N–H and O–H groups in total.